The van der Waals surface area contributed by atoms with Crippen LogP contribution in [0.15, 0.2) is 12.2 Å². The molecule has 0 bridgehead atoms. The van der Waals surface area contributed by atoms with Crippen LogP contribution in [-0.2, 0) is 4.79 Å². The second-order valence-corrected chi connectivity index (χ2v) is 2.42. The van der Waals surface area contributed by atoms with E-state index >= 15 is 0 Å². The third kappa shape index (κ3) is 1.67. The molecule has 49 valence electrons. The van der Waals surface area contributed by atoms with E-state index in [1.807, 2.05) is 12.5 Å². The van der Waals surface area contributed by atoms with E-state index in [0.29, 0.717) is 5.78 Å². The van der Waals surface area contributed by atoms with Gasteiger partial charge in [0.1, 0.15) is 5.78 Å². The number of hydrogen-bond acceptors (Lipinski definition) is 1. The topological polar surface area (TPSA) is 17.1 Å². The average Bonchev–Trinajstić information content (AvgIpc) is 1.90. The molecule has 0 fully saturated rings. The van der Waals surface area contributed by atoms with E-state index in [0.717, 1.165) is 12.8 Å². The zero-order chi connectivity index (χ0) is 6.69. The molecular formula is C8H11O. The molecular weight excluding hydrogens is 112 g/mol. The van der Waals surface area contributed by atoms with Gasteiger partial charge in [-0.3, -0.25) is 4.79 Å². The summed E-state index contributed by atoms with van der Waals surface area (Å²) in [6.45, 7) is 1.65. The SMILES string of the molecule is CC(=O)C1[CH]C=CCC1. The fraction of sp³-hybridized carbons (Fsp3) is 0.500. The summed E-state index contributed by atoms with van der Waals surface area (Å²) >= 11 is 0. The summed E-state index contributed by atoms with van der Waals surface area (Å²) in [7, 11) is 0. The lowest BCUT2D eigenvalue weighted by atomic mass is 9.91. The highest BCUT2D eigenvalue weighted by atomic mass is 16.1. The standard InChI is InChI=1S/C8H11O/c1-7(9)8-5-3-2-4-6-8/h2-3,5,8H,4,6H2,1H3. The number of allylic oxidation sites excluding steroid dienone is 2. The van der Waals surface area contributed by atoms with E-state index in [1.165, 1.54) is 0 Å². The Morgan fingerprint density at radius 1 is 1.67 bits per heavy atom. The summed E-state index contributed by atoms with van der Waals surface area (Å²) in [5.74, 6) is 0.495. The van der Waals surface area contributed by atoms with Gasteiger partial charge >= 0.3 is 0 Å². The van der Waals surface area contributed by atoms with Crippen LogP contribution < -0.4 is 0 Å². The van der Waals surface area contributed by atoms with Crippen LogP contribution in [0.5, 0.6) is 0 Å². The highest BCUT2D eigenvalue weighted by Gasteiger charge is 2.13. The number of rotatable bonds is 1. The molecule has 0 aromatic heterocycles. The summed E-state index contributed by atoms with van der Waals surface area (Å²) in [6, 6.07) is 0. The molecule has 1 aliphatic carbocycles. The maximum absolute atomic E-state index is 10.7. The zero-order valence-corrected chi connectivity index (χ0v) is 5.63. The molecule has 0 saturated carbocycles. The highest BCUT2D eigenvalue weighted by Crippen LogP contribution is 2.17. The molecule has 0 aromatic carbocycles. The smallest absolute Gasteiger partial charge is 0.133 e. The van der Waals surface area contributed by atoms with E-state index in [1.54, 1.807) is 6.92 Å². The molecule has 0 N–H and O–H groups in total. The van der Waals surface area contributed by atoms with Crippen molar-refractivity contribution in [2.75, 3.05) is 0 Å². The molecule has 1 atom stereocenters. The molecule has 1 radical (unpaired) electrons. The van der Waals surface area contributed by atoms with Gasteiger partial charge in [-0.2, -0.15) is 0 Å². The molecule has 0 amide bonds. The van der Waals surface area contributed by atoms with Crippen LogP contribution in [0.3, 0.4) is 0 Å². The molecule has 0 saturated heterocycles. The monoisotopic (exact) mass is 123 g/mol. The largest absolute Gasteiger partial charge is 0.300 e. The molecule has 1 aliphatic rings. The van der Waals surface area contributed by atoms with Crippen molar-refractivity contribution in [3.8, 4) is 0 Å². The molecule has 1 rings (SSSR count). The first-order chi connectivity index (χ1) is 4.30. The molecule has 0 spiro atoms. The summed E-state index contributed by atoms with van der Waals surface area (Å²) < 4.78 is 0. The van der Waals surface area contributed by atoms with Crippen molar-refractivity contribution in [3.63, 3.8) is 0 Å². The lowest BCUT2D eigenvalue weighted by Gasteiger charge is -2.12. The Kier molecular flexibility index (Phi) is 2.04. The Hall–Kier alpha value is -0.590. The van der Waals surface area contributed by atoms with Gasteiger partial charge in [-0.05, 0) is 26.2 Å². The van der Waals surface area contributed by atoms with Gasteiger partial charge < -0.3 is 0 Å². The van der Waals surface area contributed by atoms with Crippen molar-refractivity contribution < 1.29 is 4.79 Å². The van der Waals surface area contributed by atoms with E-state index < -0.39 is 0 Å². The van der Waals surface area contributed by atoms with E-state index in [9.17, 15) is 4.79 Å². The molecule has 0 aliphatic heterocycles. The van der Waals surface area contributed by atoms with Crippen molar-refractivity contribution in [1.29, 1.82) is 0 Å². The Morgan fingerprint density at radius 2 is 2.44 bits per heavy atom. The van der Waals surface area contributed by atoms with Gasteiger partial charge in [0.05, 0.1) is 0 Å². The zero-order valence-electron chi connectivity index (χ0n) is 5.63. The third-order valence-corrected chi connectivity index (χ3v) is 1.65. The molecule has 1 nitrogen and oxygen atoms in total. The fourth-order valence-electron chi connectivity index (χ4n) is 1.02. The Morgan fingerprint density at radius 3 is 2.78 bits per heavy atom. The van der Waals surface area contributed by atoms with Gasteiger partial charge in [-0.1, -0.05) is 12.2 Å². The van der Waals surface area contributed by atoms with Gasteiger partial charge in [-0.15, -0.1) is 0 Å². The third-order valence-electron chi connectivity index (χ3n) is 1.65. The maximum Gasteiger partial charge on any atom is 0.133 e. The van der Waals surface area contributed by atoms with Crippen LogP contribution in [-0.4, -0.2) is 5.78 Å². The fourth-order valence-corrected chi connectivity index (χ4v) is 1.02. The minimum Gasteiger partial charge on any atom is -0.300 e. The average molecular weight is 123 g/mol. The molecule has 1 unspecified atom stereocenters. The van der Waals surface area contributed by atoms with Crippen molar-refractivity contribution in [3.05, 3.63) is 18.6 Å². The van der Waals surface area contributed by atoms with Crippen LogP contribution in [0.2, 0.25) is 0 Å². The van der Waals surface area contributed by atoms with Crippen LogP contribution >= 0.6 is 0 Å². The predicted molar refractivity (Wildman–Crippen MR) is 36.8 cm³/mol. The summed E-state index contributed by atoms with van der Waals surface area (Å²) in [6.07, 6.45) is 8.12. The summed E-state index contributed by atoms with van der Waals surface area (Å²) in [5.41, 5.74) is 0. The minimum atomic E-state index is 0.204. The second kappa shape index (κ2) is 2.81. The second-order valence-electron chi connectivity index (χ2n) is 2.42. The van der Waals surface area contributed by atoms with Gasteiger partial charge in [-0.25, -0.2) is 0 Å². The van der Waals surface area contributed by atoms with Gasteiger partial charge in [0.25, 0.3) is 0 Å². The van der Waals surface area contributed by atoms with Gasteiger partial charge in [0.15, 0.2) is 0 Å². The number of carbonyl (C=O) groups is 1. The molecule has 0 heterocycles. The normalized spacial score (nSPS) is 26.1. The minimum absolute atomic E-state index is 0.204. The number of hydrogen-bond donors (Lipinski definition) is 0. The van der Waals surface area contributed by atoms with Crippen molar-refractivity contribution in [2.45, 2.75) is 19.8 Å². The number of Topliss-reactive ketones (excluding diaryl/α,β-unsaturated/α-hetero) is 1. The van der Waals surface area contributed by atoms with Crippen molar-refractivity contribution in [1.82, 2.24) is 0 Å². The Labute approximate surface area is 55.8 Å². The lowest BCUT2D eigenvalue weighted by Crippen LogP contribution is -2.12. The van der Waals surface area contributed by atoms with E-state index in [4.69, 9.17) is 0 Å². The quantitative estimate of drug-likeness (QED) is 0.519. The van der Waals surface area contributed by atoms with Crippen molar-refractivity contribution >= 4 is 5.78 Å². The van der Waals surface area contributed by atoms with Gasteiger partial charge in [0.2, 0.25) is 0 Å². The first-order valence-corrected chi connectivity index (χ1v) is 3.31. The Balaban J connectivity index is 2.44. The first-order valence-electron chi connectivity index (χ1n) is 3.31. The molecule has 0 aromatic rings. The lowest BCUT2D eigenvalue weighted by molar-refractivity contribution is -0.119. The summed E-state index contributed by atoms with van der Waals surface area (Å²) in [5, 5.41) is 0. The van der Waals surface area contributed by atoms with Gasteiger partial charge in [0, 0.05) is 5.92 Å². The number of carbonyl (C=O) groups excluding carboxylic acids is 1. The van der Waals surface area contributed by atoms with Crippen LogP contribution in [0.4, 0.5) is 0 Å². The highest BCUT2D eigenvalue weighted by molar-refractivity contribution is 5.80. The van der Waals surface area contributed by atoms with Crippen LogP contribution in [0, 0.1) is 12.3 Å². The number of ketones is 1. The van der Waals surface area contributed by atoms with E-state index in [-0.39, 0.29) is 5.92 Å². The maximum atomic E-state index is 10.7. The van der Waals surface area contributed by atoms with Crippen LogP contribution in [0.25, 0.3) is 0 Å². The molecule has 9 heavy (non-hydrogen) atoms. The predicted octanol–water partition coefficient (Wildman–Crippen LogP) is 1.75. The first kappa shape index (κ1) is 6.53. The Bertz CT molecular complexity index is 136. The van der Waals surface area contributed by atoms with E-state index in [2.05, 4.69) is 6.08 Å². The molecule has 1 heteroatoms. The van der Waals surface area contributed by atoms with Crippen molar-refractivity contribution in [2.24, 2.45) is 5.92 Å². The van der Waals surface area contributed by atoms with Crippen LogP contribution in [0.1, 0.15) is 19.8 Å². The summed E-state index contributed by atoms with van der Waals surface area (Å²) in [4.78, 5) is 10.7.